The Hall–Kier alpha value is -1.91. The maximum Gasteiger partial charge on any atom is 0.254 e. The highest BCUT2D eigenvalue weighted by atomic mass is 35.5. The molecule has 3 nitrogen and oxygen atoms in total. The SMILES string of the molecule is Cc1ccc(C(=O)NC(C)C(O)c2ccc(Cl)cc2)c(F)c1. The van der Waals surface area contributed by atoms with E-state index in [0.29, 0.717) is 10.6 Å². The molecule has 0 radical (unpaired) electrons. The van der Waals surface area contributed by atoms with Gasteiger partial charge in [-0.2, -0.15) is 0 Å². The molecular weight excluding hydrogens is 305 g/mol. The molecule has 2 aromatic carbocycles. The maximum atomic E-state index is 13.8. The van der Waals surface area contributed by atoms with Crippen LogP contribution in [0.15, 0.2) is 42.5 Å². The van der Waals surface area contributed by atoms with Crippen LogP contribution in [-0.4, -0.2) is 17.1 Å². The first-order valence-electron chi connectivity index (χ1n) is 6.89. The second-order valence-corrected chi connectivity index (χ2v) is 5.68. The highest BCUT2D eigenvalue weighted by Gasteiger charge is 2.20. The molecule has 5 heteroatoms. The van der Waals surface area contributed by atoms with Crippen molar-refractivity contribution in [3.8, 4) is 0 Å². The van der Waals surface area contributed by atoms with E-state index in [1.807, 2.05) is 0 Å². The number of carbonyl (C=O) groups is 1. The van der Waals surface area contributed by atoms with Gasteiger partial charge in [0.2, 0.25) is 0 Å². The Balaban J connectivity index is 2.08. The third kappa shape index (κ3) is 3.84. The topological polar surface area (TPSA) is 49.3 Å². The van der Waals surface area contributed by atoms with Crippen molar-refractivity contribution in [2.75, 3.05) is 0 Å². The zero-order valence-electron chi connectivity index (χ0n) is 12.3. The Labute approximate surface area is 133 Å². The van der Waals surface area contributed by atoms with Crippen molar-refractivity contribution < 1.29 is 14.3 Å². The van der Waals surface area contributed by atoms with Gasteiger partial charge >= 0.3 is 0 Å². The number of amides is 1. The lowest BCUT2D eigenvalue weighted by Crippen LogP contribution is -2.37. The van der Waals surface area contributed by atoms with Crippen molar-refractivity contribution in [1.29, 1.82) is 0 Å². The van der Waals surface area contributed by atoms with Gasteiger partial charge in [0, 0.05) is 5.02 Å². The van der Waals surface area contributed by atoms with E-state index in [1.54, 1.807) is 44.2 Å². The average Bonchev–Trinajstić information content (AvgIpc) is 2.47. The fraction of sp³-hybridized carbons (Fsp3) is 0.235. The minimum absolute atomic E-state index is 0.0410. The fourth-order valence-corrected chi connectivity index (χ4v) is 2.24. The summed E-state index contributed by atoms with van der Waals surface area (Å²) >= 11 is 5.80. The first kappa shape index (κ1) is 16.5. The van der Waals surface area contributed by atoms with E-state index in [9.17, 15) is 14.3 Å². The Morgan fingerprint density at radius 2 is 1.86 bits per heavy atom. The molecule has 0 aromatic heterocycles. The van der Waals surface area contributed by atoms with Gasteiger partial charge in [0.05, 0.1) is 17.7 Å². The summed E-state index contributed by atoms with van der Waals surface area (Å²) in [4.78, 5) is 12.1. The van der Waals surface area contributed by atoms with E-state index in [0.717, 1.165) is 5.56 Å². The number of aliphatic hydroxyl groups is 1. The number of hydrogen-bond donors (Lipinski definition) is 2. The van der Waals surface area contributed by atoms with Crippen molar-refractivity contribution in [2.45, 2.75) is 26.0 Å². The number of nitrogens with one attached hydrogen (secondary N) is 1. The molecule has 0 spiro atoms. The monoisotopic (exact) mass is 321 g/mol. The van der Waals surface area contributed by atoms with Gasteiger partial charge < -0.3 is 10.4 Å². The van der Waals surface area contributed by atoms with Gasteiger partial charge in [0.25, 0.3) is 5.91 Å². The molecule has 0 fully saturated rings. The summed E-state index contributed by atoms with van der Waals surface area (Å²) in [6.07, 6.45) is -0.908. The normalized spacial score (nSPS) is 13.5. The van der Waals surface area contributed by atoms with Crippen molar-refractivity contribution in [2.24, 2.45) is 0 Å². The quantitative estimate of drug-likeness (QED) is 0.903. The standard InChI is InChI=1S/C17H17ClFNO2/c1-10-3-8-14(15(19)9-10)17(22)20-11(2)16(21)12-4-6-13(18)7-5-12/h3-9,11,16,21H,1-2H3,(H,20,22). The lowest BCUT2D eigenvalue weighted by molar-refractivity contribution is 0.0848. The van der Waals surface area contributed by atoms with Crippen molar-refractivity contribution in [3.05, 3.63) is 70.0 Å². The van der Waals surface area contributed by atoms with Gasteiger partial charge in [-0.1, -0.05) is 29.8 Å². The summed E-state index contributed by atoms with van der Waals surface area (Å²) in [5, 5.41) is 13.4. The second kappa shape index (κ2) is 6.90. The summed E-state index contributed by atoms with van der Waals surface area (Å²) < 4.78 is 13.8. The van der Waals surface area contributed by atoms with Gasteiger partial charge in [0.15, 0.2) is 0 Å². The van der Waals surface area contributed by atoms with Crippen LogP contribution in [0.4, 0.5) is 4.39 Å². The minimum atomic E-state index is -0.908. The summed E-state index contributed by atoms with van der Waals surface area (Å²) in [6.45, 7) is 3.40. The summed E-state index contributed by atoms with van der Waals surface area (Å²) in [5.74, 6) is -1.14. The minimum Gasteiger partial charge on any atom is -0.386 e. The van der Waals surface area contributed by atoms with Crippen LogP contribution >= 0.6 is 11.6 Å². The Morgan fingerprint density at radius 3 is 2.45 bits per heavy atom. The molecule has 0 heterocycles. The third-order valence-electron chi connectivity index (χ3n) is 3.41. The zero-order chi connectivity index (χ0) is 16.3. The number of hydrogen-bond acceptors (Lipinski definition) is 2. The molecule has 116 valence electrons. The number of halogens is 2. The zero-order valence-corrected chi connectivity index (χ0v) is 13.1. The molecule has 1 amide bonds. The smallest absolute Gasteiger partial charge is 0.254 e. The van der Waals surface area contributed by atoms with Gasteiger partial charge in [-0.05, 0) is 49.2 Å². The molecule has 2 N–H and O–H groups in total. The molecule has 0 aliphatic rings. The van der Waals surface area contributed by atoms with E-state index in [4.69, 9.17) is 11.6 Å². The third-order valence-corrected chi connectivity index (χ3v) is 3.67. The lowest BCUT2D eigenvalue weighted by atomic mass is 10.0. The fourth-order valence-electron chi connectivity index (χ4n) is 2.12. The Kier molecular flexibility index (Phi) is 5.16. The van der Waals surface area contributed by atoms with Gasteiger partial charge in [-0.15, -0.1) is 0 Å². The largest absolute Gasteiger partial charge is 0.386 e. The van der Waals surface area contributed by atoms with Crippen LogP contribution in [0.2, 0.25) is 5.02 Å². The van der Waals surface area contributed by atoms with E-state index in [1.165, 1.54) is 12.1 Å². The average molecular weight is 322 g/mol. The van der Waals surface area contributed by atoms with Crippen LogP contribution in [0.5, 0.6) is 0 Å². The predicted molar refractivity (Wildman–Crippen MR) is 84.5 cm³/mol. The molecule has 0 aliphatic carbocycles. The molecule has 22 heavy (non-hydrogen) atoms. The molecule has 2 aromatic rings. The van der Waals surface area contributed by atoms with Crippen LogP contribution in [0.25, 0.3) is 0 Å². The molecular formula is C17H17ClFNO2. The van der Waals surface area contributed by atoms with Crippen LogP contribution in [-0.2, 0) is 0 Å². The highest BCUT2D eigenvalue weighted by molar-refractivity contribution is 6.30. The van der Waals surface area contributed by atoms with E-state index < -0.39 is 23.9 Å². The molecule has 0 saturated carbocycles. The molecule has 0 aliphatic heterocycles. The molecule has 2 unspecified atom stereocenters. The Morgan fingerprint density at radius 1 is 1.23 bits per heavy atom. The van der Waals surface area contributed by atoms with Gasteiger partial charge in [-0.25, -0.2) is 4.39 Å². The lowest BCUT2D eigenvalue weighted by Gasteiger charge is -2.21. The molecule has 2 atom stereocenters. The number of aryl methyl sites for hydroxylation is 1. The molecule has 2 rings (SSSR count). The molecule has 0 bridgehead atoms. The van der Waals surface area contributed by atoms with Crippen molar-refractivity contribution in [3.63, 3.8) is 0 Å². The Bertz CT molecular complexity index is 673. The number of carbonyl (C=O) groups excluding carboxylic acids is 1. The summed E-state index contributed by atoms with van der Waals surface area (Å²) in [6, 6.07) is 10.5. The van der Waals surface area contributed by atoms with E-state index >= 15 is 0 Å². The van der Waals surface area contributed by atoms with Crippen LogP contribution < -0.4 is 5.32 Å². The summed E-state index contributed by atoms with van der Waals surface area (Å²) in [5.41, 5.74) is 1.32. The number of benzene rings is 2. The van der Waals surface area contributed by atoms with Crippen LogP contribution in [0, 0.1) is 12.7 Å². The van der Waals surface area contributed by atoms with E-state index in [-0.39, 0.29) is 5.56 Å². The molecule has 0 saturated heterocycles. The van der Waals surface area contributed by atoms with Crippen molar-refractivity contribution in [1.82, 2.24) is 5.32 Å². The predicted octanol–water partition coefficient (Wildman–Crippen LogP) is 3.64. The van der Waals surface area contributed by atoms with Crippen LogP contribution in [0.1, 0.15) is 34.5 Å². The summed E-state index contributed by atoms with van der Waals surface area (Å²) in [7, 11) is 0. The number of rotatable bonds is 4. The van der Waals surface area contributed by atoms with Gasteiger partial charge in [0.1, 0.15) is 5.82 Å². The van der Waals surface area contributed by atoms with Crippen LogP contribution in [0.3, 0.4) is 0 Å². The second-order valence-electron chi connectivity index (χ2n) is 5.24. The maximum absolute atomic E-state index is 13.8. The first-order valence-corrected chi connectivity index (χ1v) is 7.27. The van der Waals surface area contributed by atoms with Crippen molar-refractivity contribution >= 4 is 17.5 Å². The van der Waals surface area contributed by atoms with Gasteiger partial charge in [-0.3, -0.25) is 4.79 Å². The highest BCUT2D eigenvalue weighted by Crippen LogP contribution is 2.20. The van der Waals surface area contributed by atoms with E-state index in [2.05, 4.69) is 5.32 Å². The first-order chi connectivity index (χ1) is 10.4. The number of aliphatic hydroxyl groups excluding tert-OH is 1.